The Kier molecular flexibility index (Phi) is 6.78. The number of aryl methyl sites for hydroxylation is 1. The van der Waals surface area contributed by atoms with E-state index in [0.717, 1.165) is 25.8 Å². The fourth-order valence-corrected chi connectivity index (χ4v) is 2.86. The van der Waals surface area contributed by atoms with E-state index in [2.05, 4.69) is 15.4 Å². The van der Waals surface area contributed by atoms with E-state index >= 15 is 0 Å². The number of likely N-dealkylation sites (tertiary alicyclic amines) is 1. The summed E-state index contributed by atoms with van der Waals surface area (Å²) in [5.74, 6) is 0.409. The fourth-order valence-electron chi connectivity index (χ4n) is 2.86. The predicted molar refractivity (Wildman–Crippen MR) is 92.8 cm³/mol. The number of carbonyl (C=O) groups excluding carboxylic acids is 2. The zero-order chi connectivity index (χ0) is 18.3. The van der Waals surface area contributed by atoms with Gasteiger partial charge in [0.15, 0.2) is 0 Å². The fraction of sp³-hybridized carbons (Fsp3) is 0.765. The first-order chi connectivity index (χ1) is 11.8. The summed E-state index contributed by atoms with van der Waals surface area (Å²) in [5, 5.41) is 6.91. The molecule has 1 fully saturated rings. The van der Waals surface area contributed by atoms with Crippen molar-refractivity contribution in [1.82, 2.24) is 25.0 Å². The number of amides is 2. The molecule has 140 valence electrons. The molecule has 1 atom stereocenters. The van der Waals surface area contributed by atoms with Crippen LogP contribution in [-0.4, -0.2) is 56.9 Å². The number of ether oxygens (including phenoxy) is 1. The lowest BCUT2D eigenvalue weighted by Crippen LogP contribution is -2.43. The Bertz CT molecular complexity index is 553. The van der Waals surface area contributed by atoms with E-state index in [1.165, 1.54) is 6.33 Å². The Morgan fingerprint density at radius 2 is 2.16 bits per heavy atom. The molecular formula is C17H29N5O3. The van der Waals surface area contributed by atoms with Crippen LogP contribution in [0.3, 0.4) is 0 Å². The summed E-state index contributed by atoms with van der Waals surface area (Å²) >= 11 is 0. The summed E-state index contributed by atoms with van der Waals surface area (Å²) in [6, 6.07) is 0. The highest BCUT2D eigenvalue weighted by molar-refractivity contribution is 5.75. The summed E-state index contributed by atoms with van der Waals surface area (Å²) < 4.78 is 7.08. The van der Waals surface area contributed by atoms with Gasteiger partial charge in [-0.2, -0.15) is 5.10 Å². The average Bonchev–Trinajstić information content (AvgIpc) is 3.05. The molecule has 0 aliphatic carbocycles. The van der Waals surface area contributed by atoms with Crippen molar-refractivity contribution in [3.8, 4) is 0 Å². The van der Waals surface area contributed by atoms with E-state index in [0.29, 0.717) is 32.0 Å². The van der Waals surface area contributed by atoms with Gasteiger partial charge in [-0.05, 0) is 46.0 Å². The smallest absolute Gasteiger partial charge is 0.410 e. The van der Waals surface area contributed by atoms with Crippen LogP contribution < -0.4 is 5.32 Å². The van der Waals surface area contributed by atoms with E-state index in [1.54, 1.807) is 15.9 Å². The molecule has 0 saturated carbocycles. The normalized spacial score (nSPS) is 18.0. The molecule has 1 saturated heterocycles. The van der Waals surface area contributed by atoms with Gasteiger partial charge in [-0.3, -0.25) is 9.48 Å². The zero-order valence-corrected chi connectivity index (χ0v) is 15.4. The molecule has 0 aromatic carbocycles. The van der Waals surface area contributed by atoms with Crippen molar-refractivity contribution in [2.24, 2.45) is 5.92 Å². The summed E-state index contributed by atoms with van der Waals surface area (Å²) in [4.78, 5) is 29.6. The topological polar surface area (TPSA) is 89.4 Å². The van der Waals surface area contributed by atoms with Crippen LogP contribution in [0.2, 0.25) is 0 Å². The molecule has 0 radical (unpaired) electrons. The van der Waals surface area contributed by atoms with Crippen LogP contribution in [0.5, 0.6) is 0 Å². The highest BCUT2D eigenvalue weighted by atomic mass is 16.6. The molecule has 0 unspecified atom stereocenters. The number of aromatic nitrogens is 3. The van der Waals surface area contributed by atoms with Gasteiger partial charge in [0.05, 0.1) is 6.54 Å². The minimum absolute atomic E-state index is 0.00954. The van der Waals surface area contributed by atoms with Gasteiger partial charge in [0, 0.05) is 26.1 Å². The number of nitrogens with one attached hydrogen (secondary N) is 1. The maximum Gasteiger partial charge on any atom is 0.410 e. The second kappa shape index (κ2) is 8.82. The van der Waals surface area contributed by atoms with Crippen molar-refractivity contribution in [1.29, 1.82) is 0 Å². The molecule has 2 rings (SSSR count). The van der Waals surface area contributed by atoms with Crippen molar-refractivity contribution < 1.29 is 14.3 Å². The van der Waals surface area contributed by atoms with Gasteiger partial charge in [-0.25, -0.2) is 9.78 Å². The molecule has 1 aromatic rings. The number of piperidine rings is 1. The standard InChI is InChI=1S/C17H29N5O3/c1-17(2,3)25-16(24)21-9-4-5-14(11-21)6-8-19-15(23)7-10-22-13-18-12-20-22/h12-14H,4-11H2,1-3H3,(H,19,23)/t14-/m1/s1. The van der Waals surface area contributed by atoms with Crippen LogP contribution in [0.4, 0.5) is 4.79 Å². The first-order valence-corrected chi connectivity index (χ1v) is 8.90. The summed E-state index contributed by atoms with van der Waals surface area (Å²) in [5.41, 5.74) is -0.470. The zero-order valence-electron chi connectivity index (χ0n) is 15.4. The van der Waals surface area contributed by atoms with Crippen LogP contribution in [0.15, 0.2) is 12.7 Å². The molecule has 1 N–H and O–H groups in total. The third kappa shape index (κ3) is 7.11. The molecule has 2 amide bonds. The van der Waals surface area contributed by atoms with Crippen molar-refractivity contribution >= 4 is 12.0 Å². The van der Waals surface area contributed by atoms with Crippen LogP contribution in [0.1, 0.15) is 46.5 Å². The van der Waals surface area contributed by atoms with Gasteiger partial charge in [0.1, 0.15) is 18.3 Å². The van der Waals surface area contributed by atoms with E-state index < -0.39 is 5.60 Å². The predicted octanol–water partition coefficient (Wildman–Crippen LogP) is 1.82. The SMILES string of the molecule is CC(C)(C)OC(=O)N1CCC[C@H](CCNC(=O)CCn2cncn2)C1. The van der Waals surface area contributed by atoms with E-state index in [-0.39, 0.29) is 12.0 Å². The Hall–Kier alpha value is -2.12. The van der Waals surface area contributed by atoms with Gasteiger partial charge in [0.25, 0.3) is 0 Å². The first kappa shape index (κ1) is 19.2. The summed E-state index contributed by atoms with van der Waals surface area (Å²) in [6.07, 6.45) is 6.12. The Labute approximate surface area is 148 Å². The summed E-state index contributed by atoms with van der Waals surface area (Å²) in [7, 11) is 0. The van der Waals surface area contributed by atoms with Crippen LogP contribution in [-0.2, 0) is 16.1 Å². The molecule has 1 aliphatic heterocycles. The quantitative estimate of drug-likeness (QED) is 0.844. The average molecular weight is 351 g/mol. The van der Waals surface area contributed by atoms with Gasteiger partial charge >= 0.3 is 6.09 Å². The largest absolute Gasteiger partial charge is 0.444 e. The third-order valence-electron chi connectivity index (χ3n) is 4.08. The maximum absolute atomic E-state index is 12.2. The second-order valence-electron chi connectivity index (χ2n) is 7.48. The minimum atomic E-state index is -0.470. The highest BCUT2D eigenvalue weighted by Crippen LogP contribution is 2.21. The van der Waals surface area contributed by atoms with Crippen LogP contribution in [0.25, 0.3) is 0 Å². The lowest BCUT2D eigenvalue weighted by Gasteiger charge is -2.34. The number of hydrogen-bond acceptors (Lipinski definition) is 5. The number of hydrogen-bond donors (Lipinski definition) is 1. The molecule has 8 heteroatoms. The Balaban J connectivity index is 1.65. The number of carbonyl (C=O) groups is 2. The highest BCUT2D eigenvalue weighted by Gasteiger charge is 2.27. The second-order valence-corrected chi connectivity index (χ2v) is 7.48. The van der Waals surface area contributed by atoms with E-state index in [4.69, 9.17) is 4.74 Å². The van der Waals surface area contributed by atoms with Crippen molar-refractivity contribution in [3.63, 3.8) is 0 Å². The molecule has 2 heterocycles. The molecule has 8 nitrogen and oxygen atoms in total. The molecule has 1 aromatic heterocycles. The van der Waals surface area contributed by atoms with Crippen molar-refractivity contribution in [2.75, 3.05) is 19.6 Å². The Morgan fingerprint density at radius 3 is 2.84 bits per heavy atom. The number of rotatable bonds is 6. The van der Waals surface area contributed by atoms with Gasteiger partial charge in [-0.1, -0.05) is 0 Å². The molecule has 1 aliphatic rings. The van der Waals surface area contributed by atoms with E-state index in [1.807, 2.05) is 20.8 Å². The monoisotopic (exact) mass is 351 g/mol. The van der Waals surface area contributed by atoms with Crippen molar-refractivity contribution in [2.45, 2.75) is 58.6 Å². The van der Waals surface area contributed by atoms with E-state index in [9.17, 15) is 9.59 Å². The molecular weight excluding hydrogens is 322 g/mol. The van der Waals surface area contributed by atoms with Gasteiger partial charge in [0.2, 0.25) is 5.91 Å². The number of nitrogens with zero attached hydrogens (tertiary/aromatic N) is 4. The van der Waals surface area contributed by atoms with Gasteiger partial charge in [-0.15, -0.1) is 0 Å². The van der Waals surface area contributed by atoms with Gasteiger partial charge < -0.3 is 15.0 Å². The van der Waals surface area contributed by atoms with Crippen molar-refractivity contribution in [3.05, 3.63) is 12.7 Å². The summed E-state index contributed by atoms with van der Waals surface area (Å²) in [6.45, 7) is 8.23. The van der Waals surface area contributed by atoms with Crippen LogP contribution in [0, 0.1) is 5.92 Å². The molecule has 0 spiro atoms. The Morgan fingerprint density at radius 1 is 1.36 bits per heavy atom. The lowest BCUT2D eigenvalue weighted by molar-refractivity contribution is -0.121. The maximum atomic E-state index is 12.2. The molecule has 25 heavy (non-hydrogen) atoms. The third-order valence-corrected chi connectivity index (χ3v) is 4.08. The van der Waals surface area contributed by atoms with Crippen LogP contribution >= 0.6 is 0 Å². The lowest BCUT2D eigenvalue weighted by atomic mass is 9.95. The molecule has 0 bridgehead atoms. The first-order valence-electron chi connectivity index (χ1n) is 8.90. The minimum Gasteiger partial charge on any atom is -0.444 e.